The average Bonchev–Trinajstić information content (AvgIpc) is 2.97. The van der Waals surface area contributed by atoms with Crippen molar-refractivity contribution in [1.82, 2.24) is 10.2 Å². The Balaban J connectivity index is 0.00000144. The van der Waals surface area contributed by atoms with Crippen LogP contribution in [0.1, 0.15) is 19.8 Å². The minimum Gasteiger partial charge on any atom is -0.337 e. The molecular weight excluding hydrogens is 257 g/mol. The van der Waals surface area contributed by atoms with E-state index in [2.05, 4.69) is 5.32 Å². The van der Waals surface area contributed by atoms with E-state index in [-0.39, 0.29) is 31.3 Å². The molecule has 1 atom stereocenters. The normalized spacial score (nSPS) is 27.3. The lowest BCUT2D eigenvalue weighted by Gasteiger charge is -2.37. The van der Waals surface area contributed by atoms with E-state index in [4.69, 9.17) is 0 Å². The van der Waals surface area contributed by atoms with E-state index >= 15 is 0 Å². The number of nitrogens with zero attached hydrogens (tertiary/aromatic N) is 1. The van der Waals surface area contributed by atoms with Gasteiger partial charge in [-0.3, -0.25) is 4.79 Å². The van der Waals surface area contributed by atoms with Crippen molar-refractivity contribution in [3.8, 4) is 0 Å². The number of alkyl halides is 3. The smallest absolute Gasteiger partial charge is 0.337 e. The third kappa shape index (κ3) is 2.38. The van der Waals surface area contributed by atoms with Gasteiger partial charge in [0.2, 0.25) is 5.91 Å². The van der Waals surface area contributed by atoms with Crippen LogP contribution in [-0.2, 0) is 4.79 Å². The summed E-state index contributed by atoms with van der Waals surface area (Å²) in [7, 11) is 0. The topological polar surface area (TPSA) is 32.3 Å². The predicted molar refractivity (Wildman–Crippen MR) is 59.0 cm³/mol. The molecule has 0 radical (unpaired) electrons. The van der Waals surface area contributed by atoms with Crippen LogP contribution >= 0.6 is 12.4 Å². The maximum Gasteiger partial charge on any atom is 0.403 e. The van der Waals surface area contributed by atoms with Crippen molar-refractivity contribution >= 4 is 18.3 Å². The van der Waals surface area contributed by atoms with Crippen LogP contribution in [0, 0.1) is 5.41 Å². The summed E-state index contributed by atoms with van der Waals surface area (Å²) in [6.07, 6.45) is -4.49. The number of amides is 1. The zero-order valence-electron chi connectivity index (χ0n) is 9.51. The third-order valence-electron chi connectivity index (χ3n) is 3.46. The zero-order valence-corrected chi connectivity index (χ0v) is 10.3. The molecule has 1 aliphatic carbocycles. The van der Waals surface area contributed by atoms with Gasteiger partial charge in [0.05, 0.1) is 0 Å². The second-order valence-corrected chi connectivity index (χ2v) is 4.63. The highest BCUT2D eigenvalue weighted by Crippen LogP contribution is 2.58. The Bertz CT molecular complexity index is 304. The van der Waals surface area contributed by atoms with Gasteiger partial charge in [-0.1, -0.05) is 0 Å². The van der Waals surface area contributed by atoms with Gasteiger partial charge in [-0.2, -0.15) is 13.2 Å². The fourth-order valence-corrected chi connectivity index (χ4v) is 2.16. The Labute approximate surface area is 104 Å². The highest BCUT2D eigenvalue weighted by atomic mass is 35.5. The van der Waals surface area contributed by atoms with Crippen molar-refractivity contribution in [3.63, 3.8) is 0 Å². The molecule has 2 fully saturated rings. The summed E-state index contributed by atoms with van der Waals surface area (Å²) in [5, 5.41) is 3.05. The number of carbonyl (C=O) groups excluding carboxylic acids is 1. The first-order valence-corrected chi connectivity index (χ1v) is 5.47. The quantitative estimate of drug-likeness (QED) is 0.786. The molecule has 1 saturated carbocycles. The van der Waals surface area contributed by atoms with Crippen molar-refractivity contribution in [3.05, 3.63) is 0 Å². The zero-order chi connectivity index (χ0) is 12.0. The van der Waals surface area contributed by atoms with Gasteiger partial charge in [0.15, 0.2) is 0 Å². The minimum absolute atomic E-state index is 0. The van der Waals surface area contributed by atoms with Crippen LogP contribution in [0.15, 0.2) is 0 Å². The average molecular weight is 273 g/mol. The third-order valence-corrected chi connectivity index (χ3v) is 3.46. The van der Waals surface area contributed by atoms with Crippen LogP contribution in [0.4, 0.5) is 13.2 Å². The number of rotatable bonds is 1. The van der Waals surface area contributed by atoms with E-state index < -0.39 is 17.5 Å². The molecule has 7 heteroatoms. The second-order valence-electron chi connectivity index (χ2n) is 4.63. The van der Waals surface area contributed by atoms with Gasteiger partial charge >= 0.3 is 6.18 Å². The molecule has 0 aromatic heterocycles. The Hall–Kier alpha value is -0.490. The van der Waals surface area contributed by atoms with E-state index in [0.29, 0.717) is 19.6 Å². The summed E-state index contributed by atoms with van der Waals surface area (Å²) in [5.41, 5.74) is -2.06. The number of halogens is 4. The van der Waals surface area contributed by atoms with Crippen molar-refractivity contribution in [1.29, 1.82) is 0 Å². The van der Waals surface area contributed by atoms with E-state index in [1.54, 1.807) is 6.92 Å². The fraction of sp³-hybridized carbons (Fsp3) is 0.900. The first-order chi connectivity index (χ1) is 7.38. The van der Waals surface area contributed by atoms with Gasteiger partial charge in [0.1, 0.15) is 5.41 Å². The summed E-state index contributed by atoms with van der Waals surface area (Å²) in [5.74, 6) is -0.728. The molecule has 0 aromatic rings. The Kier molecular flexibility index (Phi) is 3.98. The number of hydrogen-bond acceptors (Lipinski definition) is 2. The van der Waals surface area contributed by atoms with Crippen molar-refractivity contribution in [2.75, 3.05) is 19.6 Å². The number of hydrogen-bond donors (Lipinski definition) is 1. The van der Waals surface area contributed by atoms with Crippen LogP contribution in [0.25, 0.3) is 0 Å². The van der Waals surface area contributed by atoms with Crippen LogP contribution in [0.5, 0.6) is 0 Å². The molecule has 1 heterocycles. The molecule has 1 saturated heterocycles. The molecule has 2 aliphatic rings. The number of carbonyl (C=O) groups is 1. The molecule has 17 heavy (non-hydrogen) atoms. The first kappa shape index (κ1) is 14.6. The summed E-state index contributed by atoms with van der Waals surface area (Å²) in [6.45, 7) is 3.29. The standard InChI is InChI=1S/C10H15F3N2O.ClH/c1-7-6-14-4-5-15(7)8(16)9(2-3-9)10(11,12)13;/h7,14H,2-6H2,1H3;1H/t7-;/m1./s1. The van der Waals surface area contributed by atoms with Crippen molar-refractivity contribution < 1.29 is 18.0 Å². The fourth-order valence-electron chi connectivity index (χ4n) is 2.16. The highest BCUT2D eigenvalue weighted by molar-refractivity contribution is 5.86. The summed E-state index contributed by atoms with van der Waals surface area (Å²) in [6, 6.07) is -0.152. The molecule has 100 valence electrons. The van der Waals surface area contributed by atoms with Gasteiger partial charge < -0.3 is 10.2 Å². The molecule has 2 rings (SSSR count). The van der Waals surface area contributed by atoms with Crippen LogP contribution in [-0.4, -0.2) is 42.7 Å². The Morgan fingerprint density at radius 3 is 2.41 bits per heavy atom. The van der Waals surface area contributed by atoms with Crippen LogP contribution in [0.2, 0.25) is 0 Å². The largest absolute Gasteiger partial charge is 0.403 e. The van der Waals surface area contributed by atoms with Crippen LogP contribution in [0.3, 0.4) is 0 Å². The van der Waals surface area contributed by atoms with Crippen LogP contribution < -0.4 is 5.32 Å². The SMILES string of the molecule is C[C@@H]1CNCCN1C(=O)C1(C(F)(F)F)CC1.Cl. The molecule has 0 bridgehead atoms. The molecule has 0 unspecified atom stereocenters. The van der Waals surface area contributed by atoms with E-state index in [1.807, 2.05) is 0 Å². The molecule has 3 nitrogen and oxygen atoms in total. The van der Waals surface area contributed by atoms with Gasteiger partial charge in [-0.25, -0.2) is 0 Å². The summed E-state index contributed by atoms with van der Waals surface area (Å²) < 4.78 is 38.3. The van der Waals surface area contributed by atoms with Gasteiger partial charge in [-0.15, -0.1) is 12.4 Å². The second kappa shape index (κ2) is 4.65. The van der Waals surface area contributed by atoms with E-state index in [1.165, 1.54) is 4.90 Å². The molecule has 1 aliphatic heterocycles. The highest BCUT2D eigenvalue weighted by Gasteiger charge is 2.69. The summed E-state index contributed by atoms with van der Waals surface area (Å²) >= 11 is 0. The lowest BCUT2D eigenvalue weighted by atomic mass is 10.0. The van der Waals surface area contributed by atoms with Gasteiger partial charge in [-0.05, 0) is 19.8 Å². The lowest BCUT2D eigenvalue weighted by Crippen LogP contribution is -2.56. The maximum absolute atomic E-state index is 12.8. The van der Waals surface area contributed by atoms with Crippen molar-refractivity contribution in [2.45, 2.75) is 32.0 Å². The van der Waals surface area contributed by atoms with Crippen molar-refractivity contribution in [2.24, 2.45) is 5.41 Å². The monoisotopic (exact) mass is 272 g/mol. The molecule has 0 spiro atoms. The van der Waals surface area contributed by atoms with Gasteiger partial charge in [0, 0.05) is 25.7 Å². The summed E-state index contributed by atoms with van der Waals surface area (Å²) in [4.78, 5) is 13.3. The number of piperazine rings is 1. The first-order valence-electron chi connectivity index (χ1n) is 5.47. The number of nitrogens with one attached hydrogen (secondary N) is 1. The molecule has 1 N–H and O–H groups in total. The van der Waals surface area contributed by atoms with E-state index in [0.717, 1.165) is 0 Å². The molecule has 1 amide bonds. The minimum atomic E-state index is -4.39. The Morgan fingerprint density at radius 1 is 1.41 bits per heavy atom. The maximum atomic E-state index is 12.8. The van der Waals surface area contributed by atoms with E-state index in [9.17, 15) is 18.0 Å². The Morgan fingerprint density at radius 2 is 2.00 bits per heavy atom. The lowest BCUT2D eigenvalue weighted by molar-refractivity contribution is -0.200. The molecular formula is C10H16ClF3N2O. The molecule has 0 aromatic carbocycles. The predicted octanol–water partition coefficient (Wildman–Crippen LogP) is 1.57. The van der Waals surface area contributed by atoms with Gasteiger partial charge in [0.25, 0.3) is 0 Å².